The van der Waals surface area contributed by atoms with Crippen molar-refractivity contribution in [2.24, 2.45) is 0 Å². The van der Waals surface area contributed by atoms with Crippen molar-refractivity contribution < 1.29 is 18.8 Å². The van der Waals surface area contributed by atoms with Gasteiger partial charge in [0.15, 0.2) is 0 Å². The molecule has 0 bridgehead atoms. The Hall–Kier alpha value is -2.37. The van der Waals surface area contributed by atoms with Crippen LogP contribution in [0.5, 0.6) is 0 Å². The predicted octanol–water partition coefficient (Wildman–Crippen LogP) is 4.18. The van der Waals surface area contributed by atoms with Gasteiger partial charge in [0.2, 0.25) is 0 Å². The minimum Gasteiger partial charge on any atom is -0.466 e. The smallest absolute Gasteiger partial charge is 0.466 e. The van der Waals surface area contributed by atoms with Gasteiger partial charge in [-0.3, -0.25) is 0 Å². The van der Waals surface area contributed by atoms with Crippen LogP contribution in [-0.2, 0) is 25.3 Å². The Morgan fingerprint density at radius 2 is 1.55 bits per heavy atom. The molecule has 0 aromatic heterocycles. The van der Waals surface area contributed by atoms with Crippen LogP contribution in [0.3, 0.4) is 0 Å². The molecule has 1 saturated heterocycles. The molecule has 0 unspecified atom stereocenters. The summed E-state index contributed by atoms with van der Waals surface area (Å²) in [5.41, 5.74) is 3.39. The standard InChI is InChI=1S/C24H29BO4/c1-23(2)24(3,4)29-25(28-23)21-14-10-9-13-19(21)15-16-20(17-22(26)27-5)18-11-7-6-8-12-18/h6-14,17H,15-16H2,1-5H3/b20-17-. The Morgan fingerprint density at radius 1 is 0.966 bits per heavy atom. The van der Waals surface area contributed by atoms with Crippen LogP contribution in [0.1, 0.15) is 45.2 Å². The van der Waals surface area contributed by atoms with Crippen molar-refractivity contribution in [3.8, 4) is 0 Å². The predicted molar refractivity (Wildman–Crippen MR) is 117 cm³/mol. The molecule has 0 atom stereocenters. The molecule has 4 nitrogen and oxygen atoms in total. The van der Waals surface area contributed by atoms with Crippen molar-refractivity contribution in [3.63, 3.8) is 0 Å². The summed E-state index contributed by atoms with van der Waals surface area (Å²) in [6.07, 6.45) is 3.04. The van der Waals surface area contributed by atoms with Crippen LogP contribution in [0.2, 0.25) is 0 Å². The van der Waals surface area contributed by atoms with E-state index in [-0.39, 0.29) is 17.2 Å². The van der Waals surface area contributed by atoms with Crippen LogP contribution in [-0.4, -0.2) is 31.4 Å². The Bertz CT molecular complexity index is 871. The third-order valence-electron chi connectivity index (χ3n) is 5.86. The molecule has 0 spiro atoms. The topological polar surface area (TPSA) is 44.8 Å². The number of rotatable bonds is 6. The Labute approximate surface area is 174 Å². The second kappa shape index (κ2) is 8.56. The first-order valence-corrected chi connectivity index (χ1v) is 10.0. The Kier molecular flexibility index (Phi) is 6.30. The first-order valence-electron chi connectivity index (χ1n) is 10.0. The minimum absolute atomic E-state index is 0.344. The van der Waals surface area contributed by atoms with E-state index in [9.17, 15) is 4.79 Å². The lowest BCUT2D eigenvalue weighted by Crippen LogP contribution is -2.41. The van der Waals surface area contributed by atoms with E-state index in [1.165, 1.54) is 7.11 Å². The van der Waals surface area contributed by atoms with Crippen molar-refractivity contribution in [2.75, 3.05) is 7.11 Å². The zero-order valence-corrected chi connectivity index (χ0v) is 17.9. The summed E-state index contributed by atoms with van der Waals surface area (Å²) in [7, 11) is 0.996. The van der Waals surface area contributed by atoms with Crippen molar-refractivity contribution in [3.05, 3.63) is 71.8 Å². The van der Waals surface area contributed by atoms with Crippen LogP contribution >= 0.6 is 0 Å². The zero-order valence-electron chi connectivity index (χ0n) is 17.9. The van der Waals surface area contributed by atoms with E-state index in [0.29, 0.717) is 6.42 Å². The van der Waals surface area contributed by atoms with Gasteiger partial charge in [-0.25, -0.2) is 4.79 Å². The number of hydrogen-bond acceptors (Lipinski definition) is 4. The SMILES string of the molecule is COC(=O)/C=C(/CCc1ccccc1B1OC(C)(C)C(C)(C)O1)c1ccccc1. The number of allylic oxidation sites excluding steroid dienone is 1. The number of esters is 1. The Morgan fingerprint density at radius 3 is 2.17 bits per heavy atom. The average Bonchev–Trinajstić information content (AvgIpc) is 2.93. The third-order valence-corrected chi connectivity index (χ3v) is 5.86. The number of benzene rings is 2. The fraction of sp³-hybridized carbons (Fsp3) is 0.375. The van der Waals surface area contributed by atoms with Gasteiger partial charge in [0, 0.05) is 6.08 Å². The van der Waals surface area contributed by atoms with E-state index in [4.69, 9.17) is 14.0 Å². The molecule has 1 fully saturated rings. The van der Waals surface area contributed by atoms with Crippen molar-refractivity contribution in [1.82, 2.24) is 0 Å². The van der Waals surface area contributed by atoms with Gasteiger partial charge in [0.25, 0.3) is 0 Å². The molecule has 29 heavy (non-hydrogen) atoms. The molecule has 2 aromatic rings. The monoisotopic (exact) mass is 392 g/mol. The summed E-state index contributed by atoms with van der Waals surface area (Å²) in [4.78, 5) is 11.9. The molecule has 0 aliphatic carbocycles. The molecule has 1 heterocycles. The lowest BCUT2D eigenvalue weighted by atomic mass is 9.75. The average molecular weight is 392 g/mol. The lowest BCUT2D eigenvalue weighted by Gasteiger charge is -2.32. The zero-order chi connectivity index (χ0) is 21.1. The summed E-state index contributed by atoms with van der Waals surface area (Å²) >= 11 is 0. The quantitative estimate of drug-likeness (QED) is 0.421. The molecule has 1 aliphatic heterocycles. The highest BCUT2D eigenvalue weighted by Gasteiger charge is 2.52. The highest BCUT2D eigenvalue weighted by atomic mass is 16.7. The van der Waals surface area contributed by atoms with Gasteiger partial charge in [-0.1, -0.05) is 54.6 Å². The van der Waals surface area contributed by atoms with Gasteiger partial charge < -0.3 is 14.0 Å². The normalized spacial score (nSPS) is 18.0. The second-order valence-electron chi connectivity index (χ2n) is 8.35. The molecule has 3 rings (SSSR count). The molecule has 152 valence electrons. The first-order chi connectivity index (χ1) is 13.7. The van der Waals surface area contributed by atoms with E-state index in [2.05, 4.69) is 39.8 Å². The Balaban J connectivity index is 1.84. The molecule has 0 N–H and O–H groups in total. The molecular weight excluding hydrogens is 363 g/mol. The maximum Gasteiger partial charge on any atom is 0.495 e. The van der Waals surface area contributed by atoms with Crippen LogP contribution in [0.15, 0.2) is 60.7 Å². The van der Waals surface area contributed by atoms with E-state index >= 15 is 0 Å². The number of hydrogen-bond donors (Lipinski definition) is 0. The van der Waals surface area contributed by atoms with Crippen LogP contribution in [0, 0.1) is 0 Å². The molecule has 0 amide bonds. The van der Waals surface area contributed by atoms with Gasteiger partial charge in [-0.2, -0.15) is 0 Å². The fourth-order valence-electron chi connectivity index (χ4n) is 3.38. The summed E-state index contributed by atoms with van der Waals surface area (Å²) < 4.78 is 17.4. The summed E-state index contributed by atoms with van der Waals surface area (Å²) in [6.45, 7) is 8.23. The fourth-order valence-corrected chi connectivity index (χ4v) is 3.38. The number of ether oxygens (including phenoxy) is 1. The van der Waals surface area contributed by atoms with E-state index in [0.717, 1.165) is 28.6 Å². The molecule has 5 heteroatoms. The van der Waals surface area contributed by atoms with Gasteiger partial charge in [0.1, 0.15) is 0 Å². The van der Waals surface area contributed by atoms with Gasteiger partial charge >= 0.3 is 13.1 Å². The van der Waals surface area contributed by atoms with Crippen molar-refractivity contribution in [1.29, 1.82) is 0 Å². The second-order valence-corrected chi connectivity index (χ2v) is 8.35. The van der Waals surface area contributed by atoms with E-state index in [1.807, 2.05) is 42.5 Å². The number of methoxy groups -OCH3 is 1. The molecular formula is C24H29BO4. The maximum atomic E-state index is 11.9. The van der Waals surface area contributed by atoms with Crippen molar-refractivity contribution >= 4 is 24.1 Å². The minimum atomic E-state index is -0.402. The third kappa shape index (κ3) is 4.80. The molecule has 0 radical (unpaired) electrons. The highest BCUT2D eigenvalue weighted by Crippen LogP contribution is 2.36. The van der Waals surface area contributed by atoms with E-state index < -0.39 is 7.12 Å². The van der Waals surface area contributed by atoms with Crippen molar-refractivity contribution in [2.45, 2.75) is 51.7 Å². The number of aryl methyl sites for hydroxylation is 1. The number of carbonyl (C=O) groups is 1. The summed E-state index contributed by atoms with van der Waals surface area (Å²) in [5.74, 6) is -0.344. The van der Waals surface area contributed by atoms with Crippen LogP contribution in [0.4, 0.5) is 0 Å². The molecule has 1 aliphatic rings. The summed E-state index contributed by atoms with van der Waals surface area (Å²) in [6, 6.07) is 18.1. The number of carbonyl (C=O) groups excluding carboxylic acids is 1. The van der Waals surface area contributed by atoms with Crippen LogP contribution in [0.25, 0.3) is 5.57 Å². The van der Waals surface area contributed by atoms with Gasteiger partial charge in [0.05, 0.1) is 18.3 Å². The largest absolute Gasteiger partial charge is 0.495 e. The van der Waals surface area contributed by atoms with E-state index in [1.54, 1.807) is 6.08 Å². The lowest BCUT2D eigenvalue weighted by molar-refractivity contribution is -0.134. The highest BCUT2D eigenvalue weighted by molar-refractivity contribution is 6.62. The summed E-state index contributed by atoms with van der Waals surface area (Å²) in [5, 5.41) is 0. The molecule has 2 aromatic carbocycles. The molecule has 0 saturated carbocycles. The van der Waals surface area contributed by atoms with Crippen LogP contribution < -0.4 is 5.46 Å². The van der Waals surface area contributed by atoms with Gasteiger partial charge in [-0.15, -0.1) is 0 Å². The maximum absolute atomic E-state index is 11.9. The first kappa shape index (κ1) is 21.3. The van der Waals surface area contributed by atoms with Gasteiger partial charge in [-0.05, 0) is 62.7 Å².